The molecule has 4 nitrogen and oxygen atoms in total. The first-order valence-electron chi connectivity index (χ1n) is 5.72. The number of ether oxygens (including phenoxy) is 2. The van der Waals surface area contributed by atoms with E-state index in [0.717, 1.165) is 0 Å². The van der Waals surface area contributed by atoms with Gasteiger partial charge in [0, 0.05) is 12.2 Å². The van der Waals surface area contributed by atoms with Crippen LogP contribution in [0.25, 0.3) is 0 Å². The summed E-state index contributed by atoms with van der Waals surface area (Å²) >= 11 is 0. The molecule has 0 heterocycles. The average Bonchev–Trinajstić information content (AvgIpc) is 2.36. The van der Waals surface area contributed by atoms with Crippen molar-refractivity contribution in [1.82, 2.24) is 0 Å². The van der Waals surface area contributed by atoms with Gasteiger partial charge in [-0.25, -0.2) is 0 Å². The molecule has 0 saturated carbocycles. The lowest BCUT2D eigenvalue weighted by molar-refractivity contribution is -0.149. The maximum atomic E-state index is 12.0. The zero-order valence-corrected chi connectivity index (χ0v) is 11.1. The van der Waals surface area contributed by atoms with Crippen molar-refractivity contribution in [2.75, 3.05) is 19.0 Å². The monoisotopic (exact) mass is 273 g/mol. The van der Waals surface area contributed by atoms with Gasteiger partial charge in [0.2, 0.25) is 0 Å². The minimum atomic E-state index is -2.84. The molecular weight excluding hydrogens is 256 g/mol. The van der Waals surface area contributed by atoms with Gasteiger partial charge in [-0.2, -0.15) is 8.78 Å². The van der Waals surface area contributed by atoms with Gasteiger partial charge in [-0.3, -0.25) is 4.79 Å². The summed E-state index contributed by atoms with van der Waals surface area (Å²) in [5.41, 5.74) is 0.0333. The van der Waals surface area contributed by atoms with E-state index < -0.39 is 12.0 Å². The van der Waals surface area contributed by atoms with Gasteiger partial charge in [-0.05, 0) is 38.1 Å². The van der Waals surface area contributed by atoms with Crippen LogP contribution in [0.2, 0.25) is 0 Å². The van der Waals surface area contributed by atoms with Gasteiger partial charge in [-0.15, -0.1) is 0 Å². The Balaban J connectivity index is 2.57. The van der Waals surface area contributed by atoms with E-state index in [1.165, 1.54) is 19.2 Å². The Morgan fingerprint density at radius 1 is 1.32 bits per heavy atom. The Kier molecular flexibility index (Phi) is 5.09. The van der Waals surface area contributed by atoms with E-state index in [1.54, 1.807) is 26.0 Å². The van der Waals surface area contributed by atoms with Gasteiger partial charge in [0.1, 0.15) is 5.75 Å². The van der Waals surface area contributed by atoms with Crippen molar-refractivity contribution in [1.29, 1.82) is 0 Å². The summed E-state index contributed by atoms with van der Waals surface area (Å²) in [6, 6.07) is 6.06. The van der Waals surface area contributed by atoms with Crippen LogP contribution in [0, 0.1) is 5.41 Å². The van der Waals surface area contributed by atoms with E-state index in [4.69, 9.17) is 0 Å². The third-order valence-corrected chi connectivity index (χ3v) is 2.55. The van der Waals surface area contributed by atoms with Crippen molar-refractivity contribution < 1.29 is 23.0 Å². The second-order valence-corrected chi connectivity index (χ2v) is 4.63. The summed E-state index contributed by atoms with van der Waals surface area (Å²) < 4.78 is 32.8. The van der Waals surface area contributed by atoms with Crippen molar-refractivity contribution in [2.24, 2.45) is 5.41 Å². The van der Waals surface area contributed by atoms with Gasteiger partial charge in [0.05, 0.1) is 12.5 Å². The van der Waals surface area contributed by atoms with Gasteiger partial charge >= 0.3 is 12.6 Å². The summed E-state index contributed by atoms with van der Waals surface area (Å²) in [7, 11) is 1.33. The molecule has 0 atom stereocenters. The smallest absolute Gasteiger partial charge is 0.387 e. The first-order valence-corrected chi connectivity index (χ1v) is 5.72. The van der Waals surface area contributed by atoms with E-state index in [0.29, 0.717) is 12.2 Å². The molecule has 6 heteroatoms. The Bertz CT molecular complexity index is 418. The molecule has 0 bridgehead atoms. The van der Waals surface area contributed by atoms with Crippen LogP contribution >= 0.6 is 0 Å². The largest absolute Gasteiger partial charge is 0.469 e. The molecule has 106 valence electrons. The zero-order chi connectivity index (χ0) is 14.5. The predicted octanol–water partition coefficient (Wildman–Crippen LogP) is 2.90. The Labute approximate surface area is 110 Å². The summed E-state index contributed by atoms with van der Waals surface area (Å²) in [5.74, 6) is -0.231. The maximum absolute atomic E-state index is 12.0. The fraction of sp³-hybridized carbons (Fsp3) is 0.462. The van der Waals surface area contributed by atoms with Gasteiger partial charge in [-0.1, -0.05) is 0 Å². The summed E-state index contributed by atoms with van der Waals surface area (Å²) in [4.78, 5) is 11.5. The number of anilines is 1. The van der Waals surface area contributed by atoms with E-state index in [9.17, 15) is 13.6 Å². The maximum Gasteiger partial charge on any atom is 0.387 e. The number of methoxy groups -OCH3 is 1. The fourth-order valence-corrected chi connectivity index (χ4v) is 1.43. The van der Waals surface area contributed by atoms with Crippen molar-refractivity contribution in [3.8, 4) is 5.75 Å². The Morgan fingerprint density at radius 2 is 1.89 bits per heavy atom. The van der Waals surface area contributed by atoms with Crippen molar-refractivity contribution in [3.05, 3.63) is 24.3 Å². The number of benzene rings is 1. The molecule has 1 rings (SSSR count). The lowest BCUT2D eigenvalue weighted by Gasteiger charge is -2.22. The molecule has 0 radical (unpaired) electrons. The van der Waals surface area contributed by atoms with Gasteiger partial charge < -0.3 is 14.8 Å². The van der Waals surface area contributed by atoms with Crippen LogP contribution in [-0.2, 0) is 9.53 Å². The Hall–Kier alpha value is -1.85. The van der Waals surface area contributed by atoms with E-state index in [-0.39, 0.29) is 11.7 Å². The van der Waals surface area contributed by atoms with E-state index >= 15 is 0 Å². The van der Waals surface area contributed by atoms with Gasteiger partial charge in [0.15, 0.2) is 0 Å². The lowest BCUT2D eigenvalue weighted by atomic mass is 9.93. The van der Waals surface area contributed by atoms with Gasteiger partial charge in [0.25, 0.3) is 0 Å². The third kappa shape index (κ3) is 4.73. The highest BCUT2D eigenvalue weighted by Crippen LogP contribution is 2.21. The minimum Gasteiger partial charge on any atom is -0.469 e. The number of hydrogen-bond donors (Lipinski definition) is 1. The van der Waals surface area contributed by atoms with Crippen LogP contribution in [0.1, 0.15) is 13.8 Å². The van der Waals surface area contributed by atoms with Crippen LogP contribution in [-0.4, -0.2) is 26.2 Å². The highest BCUT2D eigenvalue weighted by atomic mass is 19.3. The normalized spacial score (nSPS) is 11.3. The molecular formula is C13H17F2NO3. The molecule has 1 aromatic rings. The molecule has 1 aromatic carbocycles. The molecule has 0 aliphatic heterocycles. The molecule has 0 aromatic heterocycles. The number of halogens is 2. The molecule has 0 spiro atoms. The Morgan fingerprint density at radius 3 is 2.37 bits per heavy atom. The van der Waals surface area contributed by atoms with Crippen LogP contribution in [0.15, 0.2) is 24.3 Å². The highest BCUT2D eigenvalue weighted by molar-refractivity contribution is 5.76. The van der Waals surface area contributed by atoms with Crippen LogP contribution < -0.4 is 10.1 Å². The standard InChI is InChI=1S/C13H17F2NO3/c1-13(2,11(17)18-3)8-16-9-4-6-10(7-5-9)19-12(14)15/h4-7,12,16H,8H2,1-3H3. The van der Waals surface area contributed by atoms with Crippen LogP contribution in [0.4, 0.5) is 14.5 Å². The van der Waals surface area contributed by atoms with Crippen LogP contribution in [0.5, 0.6) is 5.75 Å². The number of rotatable bonds is 6. The average molecular weight is 273 g/mol. The van der Waals surface area contributed by atoms with E-state index in [1.807, 2.05) is 0 Å². The number of hydrogen-bond acceptors (Lipinski definition) is 4. The molecule has 0 aliphatic rings. The quantitative estimate of drug-likeness (QED) is 0.810. The number of alkyl halides is 2. The molecule has 0 unspecified atom stereocenters. The summed E-state index contributed by atoms with van der Waals surface area (Å²) in [6.45, 7) is 1.03. The molecule has 19 heavy (non-hydrogen) atoms. The zero-order valence-electron chi connectivity index (χ0n) is 11.1. The number of esters is 1. The summed E-state index contributed by atoms with van der Waals surface area (Å²) in [5, 5.41) is 3.04. The van der Waals surface area contributed by atoms with Crippen molar-refractivity contribution in [3.63, 3.8) is 0 Å². The third-order valence-electron chi connectivity index (χ3n) is 2.55. The lowest BCUT2D eigenvalue weighted by Crippen LogP contribution is -2.33. The number of nitrogens with one attached hydrogen (secondary N) is 1. The van der Waals surface area contributed by atoms with Crippen molar-refractivity contribution >= 4 is 11.7 Å². The van der Waals surface area contributed by atoms with E-state index in [2.05, 4.69) is 14.8 Å². The molecule has 0 saturated heterocycles. The molecule has 1 N–H and O–H groups in total. The highest BCUT2D eigenvalue weighted by Gasteiger charge is 2.28. The number of carbonyl (C=O) groups is 1. The topological polar surface area (TPSA) is 47.6 Å². The number of carbonyl (C=O) groups excluding carboxylic acids is 1. The fourth-order valence-electron chi connectivity index (χ4n) is 1.43. The van der Waals surface area contributed by atoms with Crippen LogP contribution in [0.3, 0.4) is 0 Å². The first-order chi connectivity index (χ1) is 8.85. The minimum absolute atomic E-state index is 0.0905. The SMILES string of the molecule is COC(=O)C(C)(C)CNc1ccc(OC(F)F)cc1. The van der Waals surface area contributed by atoms with Crippen molar-refractivity contribution in [2.45, 2.75) is 20.5 Å². The molecule has 0 aliphatic carbocycles. The molecule has 0 amide bonds. The predicted molar refractivity (Wildman–Crippen MR) is 67.4 cm³/mol. The first kappa shape index (κ1) is 15.2. The second-order valence-electron chi connectivity index (χ2n) is 4.63. The molecule has 0 fully saturated rings. The second kappa shape index (κ2) is 6.36. The summed E-state index contributed by atoms with van der Waals surface area (Å²) in [6.07, 6.45) is 0.